The molecule has 0 spiro atoms. The first-order valence-electron chi connectivity index (χ1n) is 11.8. The Labute approximate surface area is 220 Å². The number of β-amino-alcohol motifs (C(OH)–C–C–N with tert-alkyl or cyclic N) is 1. The number of methoxy groups -OCH3 is 1. The van der Waals surface area contributed by atoms with Gasteiger partial charge < -0.3 is 14.7 Å². The number of thiazole rings is 1. The van der Waals surface area contributed by atoms with Crippen LogP contribution in [0.25, 0.3) is 16.3 Å². The van der Waals surface area contributed by atoms with E-state index in [1.807, 2.05) is 18.2 Å². The number of hydrogen-bond acceptors (Lipinski definition) is 7. The number of thioether (sulfide) groups is 1. The quantitative estimate of drug-likeness (QED) is 0.272. The fourth-order valence-electron chi connectivity index (χ4n) is 4.16. The Hall–Kier alpha value is -2.37. The van der Waals surface area contributed by atoms with Crippen molar-refractivity contribution in [2.45, 2.75) is 38.1 Å². The maximum atomic E-state index is 11.3. The summed E-state index contributed by atoms with van der Waals surface area (Å²) in [6.07, 6.45) is 5.41. The first-order chi connectivity index (χ1) is 17.2. The van der Waals surface area contributed by atoms with E-state index in [1.165, 1.54) is 10.5 Å². The van der Waals surface area contributed by atoms with Gasteiger partial charge in [-0.3, -0.25) is 4.55 Å². The molecule has 1 aliphatic heterocycles. The van der Waals surface area contributed by atoms with Crippen LogP contribution in [0.1, 0.15) is 30.3 Å². The zero-order valence-corrected chi connectivity index (χ0v) is 23.0. The van der Waals surface area contributed by atoms with E-state index in [0.29, 0.717) is 19.5 Å². The number of fused-ring (bicyclic) bond motifs is 2. The minimum atomic E-state index is -4.03. The SMILES string of the molecule is CCC(=Cc1sc2ccc(OC)cc2[n+]1CCCS(=O)(=O)O)C=C1Sc2ccc(C)cc2N1CCO. The van der Waals surface area contributed by atoms with Crippen LogP contribution in [-0.2, 0) is 16.7 Å². The fraction of sp³-hybridized carbons (Fsp3) is 0.346. The zero-order chi connectivity index (χ0) is 25.9. The molecule has 192 valence electrons. The van der Waals surface area contributed by atoms with Gasteiger partial charge in [0, 0.05) is 23.9 Å². The average Bonchev–Trinajstić information content (AvgIpc) is 3.35. The van der Waals surface area contributed by atoms with Gasteiger partial charge >= 0.3 is 0 Å². The number of aliphatic hydroxyl groups is 1. The Balaban J connectivity index is 1.74. The molecule has 0 radical (unpaired) electrons. The van der Waals surface area contributed by atoms with Gasteiger partial charge in [0.25, 0.3) is 15.1 Å². The second-order valence-corrected chi connectivity index (χ2v) is 12.3. The van der Waals surface area contributed by atoms with E-state index in [0.717, 1.165) is 43.7 Å². The number of aromatic nitrogens is 1. The molecule has 2 heterocycles. The van der Waals surface area contributed by atoms with Crippen LogP contribution in [0.3, 0.4) is 0 Å². The Kier molecular flexibility index (Phi) is 8.41. The molecule has 1 aromatic heterocycles. The van der Waals surface area contributed by atoms with Gasteiger partial charge in [0.15, 0.2) is 6.54 Å². The van der Waals surface area contributed by atoms with Crippen LogP contribution in [0.4, 0.5) is 5.69 Å². The Morgan fingerprint density at radius 3 is 2.72 bits per heavy atom. The highest BCUT2D eigenvalue weighted by atomic mass is 32.2. The van der Waals surface area contributed by atoms with Crippen molar-refractivity contribution in [3.05, 3.63) is 63.6 Å². The predicted octanol–water partition coefficient (Wildman–Crippen LogP) is 5.02. The van der Waals surface area contributed by atoms with Crippen molar-refractivity contribution < 1.29 is 27.4 Å². The largest absolute Gasteiger partial charge is 0.497 e. The lowest BCUT2D eigenvalue weighted by molar-refractivity contribution is -0.668. The summed E-state index contributed by atoms with van der Waals surface area (Å²) >= 11 is 3.33. The molecule has 0 saturated carbocycles. The molecular formula is C26H31N2O5S3+. The standard InChI is InChI=1S/C26H30N2O5S3/c1-4-19(16-26-28(11-12-29)21-14-18(2)6-8-23(21)34-26)15-25-27(10-5-13-36(30,31)32)22-17-20(33-3)7-9-24(22)35-25/h6-9,14-17,29H,4-5,10-13H2,1-3H3/p+1. The maximum absolute atomic E-state index is 11.3. The van der Waals surface area contributed by atoms with Crippen LogP contribution in [0.15, 0.2) is 58.0 Å². The van der Waals surface area contributed by atoms with E-state index in [4.69, 9.17) is 4.74 Å². The molecule has 0 saturated heterocycles. The molecule has 1 aliphatic rings. The number of allylic oxidation sites excluding steroid dienone is 2. The molecule has 0 atom stereocenters. The van der Waals surface area contributed by atoms with E-state index in [2.05, 4.69) is 53.7 Å². The topological polar surface area (TPSA) is 91.0 Å². The van der Waals surface area contributed by atoms with Gasteiger partial charge in [-0.1, -0.05) is 36.1 Å². The fourth-order valence-corrected chi connectivity index (χ4v) is 6.95. The molecule has 3 aromatic rings. The average molecular weight is 548 g/mol. The van der Waals surface area contributed by atoms with E-state index in [-0.39, 0.29) is 12.4 Å². The highest BCUT2D eigenvalue weighted by Gasteiger charge is 2.26. The van der Waals surface area contributed by atoms with E-state index >= 15 is 0 Å². The molecule has 2 aromatic carbocycles. The van der Waals surface area contributed by atoms with Crippen LogP contribution in [0.2, 0.25) is 0 Å². The van der Waals surface area contributed by atoms with Crippen molar-refractivity contribution in [2.24, 2.45) is 0 Å². The molecule has 36 heavy (non-hydrogen) atoms. The zero-order valence-electron chi connectivity index (χ0n) is 20.6. The monoisotopic (exact) mass is 547 g/mol. The first-order valence-corrected chi connectivity index (χ1v) is 15.0. The normalized spacial score (nSPS) is 15.2. The number of aliphatic hydroxyl groups excluding tert-OH is 1. The minimum Gasteiger partial charge on any atom is -0.497 e. The van der Waals surface area contributed by atoms with Crippen molar-refractivity contribution in [2.75, 3.05) is 30.9 Å². The van der Waals surface area contributed by atoms with Crippen LogP contribution >= 0.6 is 23.1 Å². The number of ether oxygens (including phenoxy) is 1. The second kappa shape index (κ2) is 11.4. The summed E-state index contributed by atoms with van der Waals surface area (Å²) in [7, 11) is -2.41. The van der Waals surface area contributed by atoms with Gasteiger partial charge in [-0.2, -0.15) is 13.0 Å². The van der Waals surface area contributed by atoms with E-state index < -0.39 is 10.1 Å². The first kappa shape index (κ1) is 26.7. The summed E-state index contributed by atoms with van der Waals surface area (Å²) in [5.74, 6) is 0.437. The summed E-state index contributed by atoms with van der Waals surface area (Å²) in [5, 5.41) is 11.8. The van der Waals surface area contributed by atoms with Crippen molar-refractivity contribution in [1.29, 1.82) is 0 Å². The Bertz CT molecular complexity index is 1430. The molecule has 2 N–H and O–H groups in total. The lowest BCUT2D eigenvalue weighted by Crippen LogP contribution is -2.36. The van der Waals surface area contributed by atoms with Crippen molar-refractivity contribution in [3.8, 4) is 5.75 Å². The number of benzene rings is 2. The van der Waals surface area contributed by atoms with Gasteiger partial charge in [-0.15, -0.1) is 0 Å². The van der Waals surface area contributed by atoms with E-state index in [9.17, 15) is 18.1 Å². The summed E-state index contributed by atoms with van der Waals surface area (Å²) < 4.78 is 40.4. The van der Waals surface area contributed by atoms with Gasteiger partial charge in [-0.25, -0.2) is 0 Å². The van der Waals surface area contributed by atoms with Gasteiger partial charge in [0.2, 0.25) is 5.52 Å². The highest BCUT2D eigenvalue weighted by Crippen LogP contribution is 2.46. The van der Waals surface area contributed by atoms with E-state index in [1.54, 1.807) is 30.2 Å². The summed E-state index contributed by atoms with van der Waals surface area (Å²) in [5.41, 5.74) is 4.37. The van der Waals surface area contributed by atoms with Crippen LogP contribution in [0.5, 0.6) is 5.75 Å². The predicted molar refractivity (Wildman–Crippen MR) is 147 cm³/mol. The van der Waals surface area contributed by atoms with Crippen LogP contribution in [0, 0.1) is 6.92 Å². The van der Waals surface area contributed by atoms with Crippen LogP contribution in [-0.4, -0.2) is 44.1 Å². The number of anilines is 1. The van der Waals surface area contributed by atoms with Gasteiger partial charge in [0.1, 0.15) is 10.4 Å². The van der Waals surface area contributed by atoms with Crippen molar-refractivity contribution in [1.82, 2.24) is 0 Å². The van der Waals surface area contributed by atoms with Crippen LogP contribution < -0.4 is 14.2 Å². The molecule has 0 fully saturated rings. The maximum Gasteiger partial charge on any atom is 0.265 e. The third-order valence-corrected chi connectivity index (χ3v) is 8.99. The molecule has 7 nitrogen and oxygen atoms in total. The third-order valence-electron chi connectivity index (χ3n) is 5.96. The molecule has 0 amide bonds. The number of nitrogens with zero attached hydrogens (tertiary/aromatic N) is 2. The van der Waals surface area contributed by atoms with Crippen molar-refractivity contribution in [3.63, 3.8) is 0 Å². The Morgan fingerprint density at radius 2 is 2.03 bits per heavy atom. The second-order valence-electron chi connectivity index (χ2n) is 8.57. The van der Waals surface area contributed by atoms with Gasteiger partial charge in [-0.05, 0) is 54.8 Å². The highest BCUT2D eigenvalue weighted by molar-refractivity contribution is 8.03. The summed E-state index contributed by atoms with van der Waals surface area (Å²) in [4.78, 5) is 3.33. The third kappa shape index (κ3) is 6.12. The summed E-state index contributed by atoms with van der Waals surface area (Å²) in [6, 6.07) is 12.3. The smallest absolute Gasteiger partial charge is 0.265 e. The minimum absolute atomic E-state index is 0.0579. The van der Waals surface area contributed by atoms with Crippen molar-refractivity contribution >= 4 is 55.2 Å². The summed E-state index contributed by atoms with van der Waals surface area (Å²) in [6.45, 7) is 5.20. The molecule has 0 aliphatic carbocycles. The molecule has 4 rings (SSSR count). The lowest BCUT2D eigenvalue weighted by Gasteiger charge is -2.19. The Morgan fingerprint density at radius 1 is 1.22 bits per heavy atom. The number of aryl methyl sites for hydroxylation is 2. The number of hydrogen-bond donors (Lipinski definition) is 2. The molecular weight excluding hydrogens is 516 g/mol. The molecule has 0 bridgehead atoms. The van der Waals surface area contributed by atoms with Gasteiger partial charge in [0.05, 0.1) is 36.3 Å². The molecule has 10 heteroatoms. The molecule has 0 unspecified atom stereocenters. The lowest BCUT2D eigenvalue weighted by atomic mass is 10.1. The number of rotatable bonds is 10.